The maximum absolute atomic E-state index is 14.6. The minimum absolute atomic E-state index is 0.0200. The number of carboxylic acid groups (broad SMARTS) is 1. The molecule has 0 aliphatic carbocycles. The zero-order valence-electron chi connectivity index (χ0n) is 37.4. The van der Waals surface area contributed by atoms with E-state index < -0.39 is 95.0 Å². The van der Waals surface area contributed by atoms with Crippen molar-refractivity contribution in [3.05, 3.63) is 24.8 Å². The molecule has 5 aliphatic heterocycles. The molecule has 0 aromatic carbocycles. The summed E-state index contributed by atoms with van der Waals surface area (Å²) in [6, 6.07) is -1.08. The normalized spacial score (nSPS) is 42.4. The number of carboxylic acids is 1. The molecule has 2 spiro atoms. The van der Waals surface area contributed by atoms with Gasteiger partial charge in [0, 0.05) is 36.6 Å². The fourth-order valence-corrected chi connectivity index (χ4v) is 11.0. The second-order valence-electron chi connectivity index (χ2n) is 19.1. The van der Waals surface area contributed by atoms with Gasteiger partial charge in [-0.15, -0.1) is 6.58 Å². The molecule has 13 heteroatoms. The Morgan fingerprint density at radius 3 is 2.24 bits per heavy atom. The molecular weight excluding hydrogens is 757 g/mol. The standard InChI is InChI=1S/C46H76N2O11/c1-12-24-47-42(53)48-35-18-21-45(59-46(35)23-22-43(11,58-46)36-19-20-44(54,15-4)31(10)55-36)28(7)25-27(6)40(57-45)33(14-3)38(50)29(8)37(49)30(9)39-26(5)16-17-34(56-39)32(13-2)41(51)52/h12,18,21,26-37,39-40,49,54H,1,13-17,19-20,22-25H2,2-11H3,(H,51,52)(H2,47,48,53)/t26-,27-,28+,29-,30-,31-,32+,33?,34+,35?,36+,37+,39+,40-,43-,44+,45-,46-/m0/s1. The number of amides is 2. The number of carbonyl (C=O) groups excluding carboxylic acids is 2. The maximum atomic E-state index is 14.6. The van der Waals surface area contributed by atoms with Crippen molar-refractivity contribution >= 4 is 17.8 Å². The number of urea groups is 1. The van der Waals surface area contributed by atoms with Crippen molar-refractivity contribution in [1.82, 2.24) is 10.6 Å². The molecule has 5 heterocycles. The summed E-state index contributed by atoms with van der Waals surface area (Å²) in [7, 11) is 0. The molecule has 0 aromatic rings. The van der Waals surface area contributed by atoms with Crippen LogP contribution in [-0.2, 0) is 33.3 Å². The van der Waals surface area contributed by atoms with Gasteiger partial charge in [-0.1, -0.05) is 67.5 Å². The summed E-state index contributed by atoms with van der Waals surface area (Å²) in [5.41, 5.74) is -1.71. The van der Waals surface area contributed by atoms with Gasteiger partial charge >= 0.3 is 12.0 Å². The van der Waals surface area contributed by atoms with Gasteiger partial charge in [0.15, 0.2) is 11.6 Å². The Bertz CT molecular complexity index is 1530. The highest BCUT2D eigenvalue weighted by Crippen LogP contribution is 2.54. The minimum Gasteiger partial charge on any atom is -0.481 e. The van der Waals surface area contributed by atoms with Crippen molar-refractivity contribution in [3.63, 3.8) is 0 Å². The Hall–Kier alpha value is -2.39. The molecule has 5 N–H and O–H groups in total. The molecule has 336 valence electrons. The van der Waals surface area contributed by atoms with E-state index in [0.717, 1.165) is 6.42 Å². The van der Waals surface area contributed by atoms with Gasteiger partial charge in [0.1, 0.15) is 11.8 Å². The average molecular weight is 833 g/mol. The summed E-state index contributed by atoms with van der Waals surface area (Å²) >= 11 is 0. The van der Waals surface area contributed by atoms with Crippen molar-refractivity contribution in [2.24, 2.45) is 41.4 Å². The van der Waals surface area contributed by atoms with Gasteiger partial charge in [-0.3, -0.25) is 9.59 Å². The summed E-state index contributed by atoms with van der Waals surface area (Å²) < 4.78 is 34.3. The Morgan fingerprint density at radius 2 is 1.63 bits per heavy atom. The monoisotopic (exact) mass is 833 g/mol. The van der Waals surface area contributed by atoms with E-state index in [4.69, 9.17) is 23.7 Å². The lowest BCUT2D eigenvalue weighted by molar-refractivity contribution is -0.397. The Morgan fingerprint density at radius 1 is 0.932 bits per heavy atom. The Balaban J connectivity index is 1.38. The van der Waals surface area contributed by atoms with Crippen LogP contribution in [0.1, 0.15) is 133 Å². The molecule has 18 atom stereocenters. The van der Waals surface area contributed by atoms with Crippen molar-refractivity contribution in [1.29, 1.82) is 0 Å². The van der Waals surface area contributed by atoms with Crippen LogP contribution >= 0.6 is 0 Å². The van der Waals surface area contributed by atoms with Crippen LogP contribution in [0.5, 0.6) is 0 Å². The molecule has 13 nitrogen and oxygen atoms in total. The van der Waals surface area contributed by atoms with Crippen LogP contribution in [0, 0.1) is 41.4 Å². The van der Waals surface area contributed by atoms with Crippen LogP contribution in [0.4, 0.5) is 4.79 Å². The number of hydrogen-bond acceptors (Lipinski definition) is 10. The largest absolute Gasteiger partial charge is 0.481 e. The first-order valence-corrected chi connectivity index (χ1v) is 22.6. The molecule has 59 heavy (non-hydrogen) atoms. The van der Waals surface area contributed by atoms with E-state index in [1.165, 1.54) is 0 Å². The number of rotatable bonds is 15. The van der Waals surface area contributed by atoms with E-state index in [2.05, 4.69) is 38.0 Å². The smallest absolute Gasteiger partial charge is 0.315 e. The van der Waals surface area contributed by atoms with Crippen molar-refractivity contribution in [2.45, 2.75) is 199 Å². The molecule has 0 aromatic heterocycles. The number of nitrogens with one attached hydrogen (secondary N) is 2. The zero-order chi connectivity index (χ0) is 43.7. The van der Waals surface area contributed by atoms with Crippen LogP contribution in [-0.4, -0.2) is 105 Å². The summed E-state index contributed by atoms with van der Waals surface area (Å²) in [5.74, 6) is -6.01. The predicted octanol–water partition coefficient (Wildman–Crippen LogP) is 6.68. The van der Waals surface area contributed by atoms with E-state index in [0.29, 0.717) is 57.8 Å². The van der Waals surface area contributed by atoms with E-state index in [-0.39, 0.29) is 36.2 Å². The summed E-state index contributed by atoms with van der Waals surface area (Å²) in [6.45, 7) is 23.6. The van der Waals surface area contributed by atoms with Crippen LogP contribution < -0.4 is 10.6 Å². The molecule has 0 radical (unpaired) electrons. The molecule has 0 saturated carbocycles. The fraction of sp³-hybridized carbons (Fsp3) is 0.848. The third-order valence-electron chi connectivity index (χ3n) is 15.2. The predicted molar refractivity (Wildman–Crippen MR) is 223 cm³/mol. The zero-order valence-corrected chi connectivity index (χ0v) is 37.4. The van der Waals surface area contributed by atoms with Gasteiger partial charge in [0.25, 0.3) is 0 Å². The number of Topliss-reactive ketones (excluding diaryl/α,β-unsaturated/α-hetero) is 1. The molecule has 2 amide bonds. The first-order chi connectivity index (χ1) is 27.7. The van der Waals surface area contributed by atoms with Gasteiger partial charge in [-0.05, 0) is 89.5 Å². The summed E-state index contributed by atoms with van der Waals surface area (Å²) in [5, 5.41) is 38.7. The molecule has 5 aliphatic rings. The topological polar surface area (TPSA) is 182 Å². The number of hydrogen-bond donors (Lipinski definition) is 5. The number of ketones is 1. The average Bonchev–Trinajstić information content (AvgIpc) is 3.54. The second-order valence-corrected chi connectivity index (χ2v) is 19.1. The lowest BCUT2D eigenvalue weighted by atomic mass is 9.72. The molecular formula is C46H76N2O11. The molecule has 0 bridgehead atoms. The van der Waals surface area contributed by atoms with Gasteiger partial charge in [0.2, 0.25) is 0 Å². The molecule has 5 rings (SSSR count). The van der Waals surface area contributed by atoms with Gasteiger partial charge in [-0.25, -0.2) is 4.79 Å². The van der Waals surface area contributed by atoms with E-state index in [1.807, 2.05) is 53.7 Å². The number of carbonyl (C=O) groups is 3. The number of aliphatic hydroxyl groups is 2. The lowest BCUT2D eigenvalue weighted by Gasteiger charge is -2.55. The van der Waals surface area contributed by atoms with Crippen molar-refractivity contribution in [2.75, 3.05) is 6.54 Å². The first kappa shape index (κ1) is 47.7. The Labute approximate surface area is 352 Å². The van der Waals surface area contributed by atoms with Gasteiger partial charge < -0.3 is 49.6 Å². The van der Waals surface area contributed by atoms with E-state index >= 15 is 0 Å². The highest BCUT2D eigenvalue weighted by molar-refractivity contribution is 5.84. The molecule has 2 unspecified atom stereocenters. The molecule has 4 fully saturated rings. The number of ether oxygens (including phenoxy) is 5. The first-order valence-electron chi connectivity index (χ1n) is 22.6. The highest BCUT2D eigenvalue weighted by Gasteiger charge is 2.63. The van der Waals surface area contributed by atoms with Crippen LogP contribution in [0.2, 0.25) is 0 Å². The summed E-state index contributed by atoms with van der Waals surface area (Å²) in [4.78, 5) is 39.7. The third-order valence-corrected chi connectivity index (χ3v) is 15.2. The van der Waals surface area contributed by atoms with Crippen LogP contribution in [0.15, 0.2) is 24.8 Å². The number of aliphatic carboxylic acids is 1. The van der Waals surface area contributed by atoms with Crippen LogP contribution in [0.25, 0.3) is 0 Å². The highest BCUT2D eigenvalue weighted by atomic mass is 16.8. The second kappa shape index (κ2) is 18.9. The number of aliphatic hydroxyl groups excluding tert-OH is 1. The van der Waals surface area contributed by atoms with E-state index in [1.54, 1.807) is 13.0 Å². The SMILES string of the molecule is C=CCNC(=O)NC1C=C[C@]2(O[C@H](C(CC)C(=O)[C@@H](C)[C@@H](O)[C@H](C)[C@@H]3O[C@@H]([C@@H](CC)C(=O)O)CC[C@@H]3C)[C@@H](C)C[C@H]2C)O[C@@]12CC[C@@](C)([C@H]1CC[C@](O)(CC)[C@H](C)O1)O2. The Kier molecular flexibility index (Phi) is 15.3. The lowest BCUT2D eigenvalue weighted by Crippen LogP contribution is -2.66. The van der Waals surface area contributed by atoms with E-state index in [9.17, 15) is 29.7 Å². The third kappa shape index (κ3) is 9.51. The van der Waals surface area contributed by atoms with Crippen LogP contribution in [0.3, 0.4) is 0 Å². The van der Waals surface area contributed by atoms with Gasteiger partial charge in [-0.2, -0.15) is 0 Å². The summed E-state index contributed by atoms with van der Waals surface area (Å²) in [6.07, 6.45) is 8.08. The van der Waals surface area contributed by atoms with Crippen molar-refractivity contribution < 1.29 is 53.4 Å². The minimum atomic E-state index is -1.34. The molecule has 4 saturated heterocycles. The fourth-order valence-electron chi connectivity index (χ4n) is 11.0. The quantitative estimate of drug-likeness (QED) is 0.111. The van der Waals surface area contributed by atoms with Gasteiger partial charge in [0.05, 0.1) is 53.7 Å². The van der Waals surface area contributed by atoms with Crippen molar-refractivity contribution in [3.8, 4) is 0 Å². The maximum Gasteiger partial charge on any atom is 0.315 e.